The Labute approximate surface area is 151 Å². The van der Waals surface area contributed by atoms with Gasteiger partial charge in [-0.2, -0.15) is 0 Å². The van der Waals surface area contributed by atoms with Crippen LogP contribution < -0.4 is 4.90 Å². The summed E-state index contributed by atoms with van der Waals surface area (Å²) < 4.78 is 0. The van der Waals surface area contributed by atoms with Gasteiger partial charge in [-0.25, -0.2) is 4.79 Å². The third kappa shape index (κ3) is 3.49. The molecule has 1 atom stereocenters. The number of carbonyl (C=O) groups excluding carboxylic acids is 1. The topological polar surface area (TPSA) is 104 Å². The van der Waals surface area contributed by atoms with E-state index in [9.17, 15) is 24.8 Å². The van der Waals surface area contributed by atoms with Gasteiger partial charge < -0.3 is 14.9 Å². The number of carboxylic acids is 1. The number of carbonyl (C=O) groups is 2. The Morgan fingerprint density at radius 1 is 1.19 bits per heavy atom. The highest BCUT2D eigenvalue weighted by molar-refractivity contribution is 5.98. The second kappa shape index (κ2) is 7.31. The summed E-state index contributed by atoms with van der Waals surface area (Å²) in [4.78, 5) is 38.4. The summed E-state index contributed by atoms with van der Waals surface area (Å²) in [6, 6.07) is 3.62. The van der Waals surface area contributed by atoms with Crippen LogP contribution in [-0.4, -0.2) is 52.5 Å². The molecule has 2 aliphatic rings. The van der Waals surface area contributed by atoms with Crippen molar-refractivity contribution >= 4 is 23.3 Å². The molecule has 140 valence electrons. The molecule has 0 unspecified atom stereocenters. The second-order valence-corrected chi connectivity index (χ2v) is 7.12. The van der Waals surface area contributed by atoms with Gasteiger partial charge in [0.05, 0.1) is 4.92 Å². The first-order valence-corrected chi connectivity index (χ1v) is 8.95. The number of hydrogen-bond acceptors (Lipinski definition) is 5. The van der Waals surface area contributed by atoms with Crippen molar-refractivity contribution in [3.8, 4) is 0 Å². The summed E-state index contributed by atoms with van der Waals surface area (Å²) in [5.41, 5.74) is 0.588. The molecule has 0 saturated carbocycles. The van der Waals surface area contributed by atoms with Crippen molar-refractivity contribution < 1.29 is 19.6 Å². The van der Waals surface area contributed by atoms with Crippen molar-refractivity contribution in [3.63, 3.8) is 0 Å². The van der Waals surface area contributed by atoms with Crippen LogP contribution in [0, 0.1) is 16.0 Å². The van der Waals surface area contributed by atoms with Crippen molar-refractivity contribution in [2.24, 2.45) is 5.92 Å². The first-order valence-electron chi connectivity index (χ1n) is 8.95. The van der Waals surface area contributed by atoms with E-state index < -0.39 is 22.8 Å². The first kappa shape index (κ1) is 18.2. The molecule has 0 aliphatic carbocycles. The molecule has 2 aliphatic heterocycles. The van der Waals surface area contributed by atoms with Gasteiger partial charge in [-0.05, 0) is 43.7 Å². The lowest BCUT2D eigenvalue weighted by molar-refractivity contribution is -0.384. The summed E-state index contributed by atoms with van der Waals surface area (Å²) in [7, 11) is 0. The average molecular weight is 361 g/mol. The number of carboxylic acid groups (broad SMARTS) is 1. The van der Waals surface area contributed by atoms with Crippen molar-refractivity contribution in [2.45, 2.75) is 38.6 Å². The van der Waals surface area contributed by atoms with Gasteiger partial charge in [0.2, 0.25) is 0 Å². The van der Waals surface area contributed by atoms with E-state index in [2.05, 4.69) is 6.92 Å². The Balaban J connectivity index is 1.87. The van der Waals surface area contributed by atoms with E-state index in [4.69, 9.17) is 0 Å². The quantitative estimate of drug-likeness (QED) is 0.653. The van der Waals surface area contributed by atoms with E-state index >= 15 is 0 Å². The Hall–Kier alpha value is -2.64. The van der Waals surface area contributed by atoms with Gasteiger partial charge in [-0.1, -0.05) is 6.92 Å². The van der Waals surface area contributed by atoms with Crippen LogP contribution in [0.5, 0.6) is 0 Å². The molecular formula is C18H23N3O5. The first-order chi connectivity index (χ1) is 12.4. The number of amides is 1. The Kier molecular flexibility index (Phi) is 5.11. The molecule has 8 nitrogen and oxygen atoms in total. The fraction of sp³-hybridized carbons (Fsp3) is 0.556. The number of rotatable bonds is 4. The molecule has 3 rings (SSSR count). The maximum absolute atomic E-state index is 12.7. The number of nitro groups is 1. The normalized spacial score (nSPS) is 21.0. The van der Waals surface area contributed by atoms with Crippen LogP contribution in [0.4, 0.5) is 11.4 Å². The van der Waals surface area contributed by atoms with Gasteiger partial charge in [-0.15, -0.1) is 0 Å². The lowest BCUT2D eigenvalue weighted by atomic mass is 9.98. The molecule has 1 amide bonds. The number of hydrogen-bond donors (Lipinski definition) is 1. The van der Waals surface area contributed by atoms with Crippen LogP contribution in [0.1, 0.15) is 43.0 Å². The van der Waals surface area contributed by atoms with Crippen molar-refractivity contribution in [3.05, 3.63) is 33.9 Å². The van der Waals surface area contributed by atoms with E-state index in [-0.39, 0.29) is 11.3 Å². The predicted molar refractivity (Wildman–Crippen MR) is 95.4 cm³/mol. The van der Waals surface area contributed by atoms with Gasteiger partial charge in [0, 0.05) is 31.3 Å². The standard InChI is InChI=1S/C18H23N3O5/c1-12-6-9-19(10-7-12)14-5-4-13(11-16(14)21(25)26)17(22)20-8-2-3-15(20)18(23)24/h4-5,11-12,15H,2-3,6-10H2,1H3,(H,23,24)/t15-/m0/s1. The van der Waals surface area contributed by atoms with E-state index in [1.165, 1.54) is 11.0 Å². The highest BCUT2D eigenvalue weighted by atomic mass is 16.6. The Bertz CT molecular complexity index is 728. The summed E-state index contributed by atoms with van der Waals surface area (Å²) in [6.45, 7) is 4.03. The number of aliphatic carboxylic acids is 1. The largest absolute Gasteiger partial charge is 0.480 e. The van der Waals surface area contributed by atoms with Crippen LogP contribution in [0.2, 0.25) is 0 Å². The van der Waals surface area contributed by atoms with Gasteiger partial charge in [-0.3, -0.25) is 14.9 Å². The number of nitro benzene ring substituents is 1. The molecule has 0 radical (unpaired) electrons. The zero-order valence-electron chi connectivity index (χ0n) is 14.8. The third-order valence-electron chi connectivity index (χ3n) is 5.34. The average Bonchev–Trinajstić information content (AvgIpc) is 3.11. The van der Waals surface area contributed by atoms with Gasteiger partial charge in [0.25, 0.3) is 11.6 Å². The summed E-state index contributed by atoms with van der Waals surface area (Å²) >= 11 is 0. The molecule has 8 heteroatoms. The number of benzene rings is 1. The molecule has 2 fully saturated rings. The van der Waals surface area contributed by atoms with Crippen LogP contribution in [0.3, 0.4) is 0 Å². The molecule has 1 aromatic rings. The molecule has 1 N–H and O–H groups in total. The van der Waals surface area contributed by atoms with Crippen LogP contribution in [-0.2, 0) is 4.79 Å². The smallest absolute Gasteiger partial charge is 0.326 e. The fourth-order valence-electron chi connectivity index (χ4n) is 3.75. The Morgan fingerprint density at radius 3 is 2.50 bits per heavy atom. The predicted octanol–water partition coefficient (Wildman–Crippen LogP) is 2.52. The molecule has 26 heavy (non-hydrogen) atoms. The minimum absolute atomic E-state index is 0.100. The SMILES string of the molecule is CC1CCN(c2ccc(C(=O)N3CCC[C@H]3C(=O)O)cc2[N+](=O)[O-])CC1. The maximum atomic E-state index is 12.7. The van der Waals surface area contributed by atoms with Crippen LogP contribution in [0.15, 0.2) is 18.2 Å². The minimum atomic E-state index is -1.04. The van der Waals surface area contributed by atoms with E-state index in [1.807, 2.05) is 4.90 Å². The number of anilines is 1. The second-order valence-electron chi connectivity index (χ2n) is 7.12. The van der Waals surface area contributed by atoms with Crippen molar-refractivity contribution in [2.75, 3.05) is 24.5 Å². The minimum Gasteiger partial charge on any atom is -0.480 e. The lowest BCUT2D eigenvalue weighted by Crippen LogP contribution is -2.40. The van der Waals surface area contributed by atoms with Gasteiger partial charge in [0.1, 0.15) is 11.7 Å². The highest BCUT2D eigenvalue weighted by Crippen LogP contribution is 2.33. The molecule has 0 bridgehead atoms. The summed E-state index contributed by atoms with van der Waals surface area (Å²) in [5, 5.41) is 20.8. The molecular weight excluding hydrogens is 338 g/mol. The van der Waals surface area contributed by atoms with Crippen LogP contribution >= 0.6 is 0 Å². The number of likely N-dealkylation sites (tertiary alicyclic amines) is 1. The van der Waals surface area contributed by atoms with Crippen LogP contribution in [0.25, 0.3) is 0 Å². The van der Waals surface area contributed by atoms with E-state index in [0.29, 0.717) is 31.0 Å². The molecule has 0 aromatic heterocycles. The summed E-state index contributed by atoms with van der Waals surface area (Å²) in [6.07, 6.45) is 2.99. The lowest BCUT2D eigenvalue weighted by Gasteiger charge is -2.31. The zero-order chi connectivity index (χ0) is 18.8. The number of nitrogens with zero attached hydrogens (tertiary/aromatic N) is 3. The third-order valence-corrected chi connectivity index (χ3v) is 5.34. The maximum Gasteiger partial charge on any atom is 0.326 e. The van der Waals surface area contributed by atoms with Crippen molar-refractivity contribution in [1.29, 1.82) is 0 Å². The van der Waals surface area contributed by atoms with E-state index in [0.717, 1.165) is 25.9 Å². The molecule has 2 saturated heterocycles. The molecule has 2 heterocycles. The number of piperidine rings is 1. The zero-order valence-corrected chi connectivity index (χ0v) is 14.8. The van der Waals surface area contributed by atoms with E-state index in [1.54, 1.807) is 12.1 Å². The molecule has 1 aromatic carbocycles. The van der Waals surface area contributed by atoms with Gasteiger partial charge >= 0.3 is 5.97 Å². The monoisotopic (exact) mass is 361 g/mol. The summed E-state index contributed by atoms with van der Waals surface area (Å²) in [5.74, 6) is -0.893. The molecule has 0 spiro atoms. The van der Waals surface area contributed by atoms with Gasteiger partial charge in [0.15, 0.2) is 0 Å². The van der Waals surface area contributed by atoms with Crippen molar-refractivity contribution in [1.82, 2.24) is 4.90 Å². The highest BCUT2D eigenvalue weighted by Gasteiger charge is 2.35. The fourth-order valence-corrected chi connectivity index (χ4v) is 3.75. The Morgan fingerprint density at radius 2 is 1.88 bits per heavy atom.